The fraction of sp³-hybridized carbons (Fsp3) is 0.579. The van der Waals surface area contributed by atoms with Crippen molar-refractivity contribution < 1.29 is 22.8 Å². The Labute approximate surface area is 163 Å². The standard InChI is InChI=1S/C19H26BBrF2O3/c1-6-10-24-11-9-14(15-12-13(22)7-8-16(15)21)17(23)20-25-18(2,3)19(4,5)26-20/h7-8,12H,6,9-11H2,1-5H3. The van der Waals surface area contributed by atoms with Crippen LogP contribution < -0.4 is 0 Å². The maximum absolute atomic E-state index is 15.4. The number of benzene rings is 1. The van der Waals surface area contributed by atoms with E-state index in [1.54, 1.807) is 6.07 Å². The van der Waals surface area contributed by atoms with Gasteiger partial charge in [-0.25, -0.2) is 8.78 Å². The Morgan fingerprint density at radius 2 is 1.77 bits per heavy atom. The molecule has 0 spiro atoms. The molecule has 1 aromatic carbocycles. The van der Waals surface area contributed by atoms with Crippen LogP contribution in [0.25, 0.3) is 5.57 Å². The summed E-state index contributed by atoms with van der Waals surface area (Å²) < 4.78 is 46.9. The summed E-state index contributed by atoms with van der Waals surface area (Å²) in [6, 6.07) is 4.20. The van der Waals surface area contributed by atoms with E-state index in [-0.39, 0.29) is 6.42 Å². The number of hydrogen-bond acceptors (Lipinski definition) is 3. The maximum Gasteiger partial charge on any atom is 0.525 e. The van der Waals surface area contributed by atoms with Crippen LogP contribution in [-0.4, -0.2) is 31.5 Å². The van der Waals surface area contributed by atoms with Gasteiger partial charge < -0.3 is 14.0 Å². The molecule has 26 heavy (non-hydrogen) atoms. The van der Waals surface area contributed by atoms with E-state index < -0.39 is 29.9 Å². The average Bonchev–Trinajstić information content (AvgIpc) is 2.78. The van der Waals surface area contributed by atoms with Crippen molar-refractivity contribution in [3.05, 3.63) is 39.8 Å². The predicted molar refractivity (Wildman–Crippen MR) is 104 cm³/mol. The molecule has 0 unspecified atom stereocenters. The summed E-state index contributed by atoms with van der Waals surface area (Å²) in [6.45, 7) is 10.4. The molecule has 0 bridgehead atoms. The SMILES string of the molecule is CCCOCCC(=C(F)B1OC(C)(C)C(C)(C)O1)c1cc(F)ccc1Br. The van der Waals surface area contributed by atoms with Gasteiger partial charge in [0.25, 0.3) is 0 Å². The molecule has 1 heterocycles. The average molecular weight is 431 g/mol. The van der Waals surface area contributed by atoms with Crippen molar-refractivity contribution in [2.45, 2.75) is 58.7 Å². The number of hydrogen-bond donors (Lipinski definition) is 0. The predicted octanol–water partition coefficient (Wildman–Crippen LogP) is 5.72. The van der Waals surface area contributed by atoms with Crippen LogP contribution in [0.15, 0.2) is 28.4 Å². The number of ether oxygens (including phenoxy) is 1. The first-order valence-corrected chi connectivity index (χ1v) is 9.65. The van der Waals surface area contributed by atoms with Crippen LogP contribution in [0.5, 0.6) is 0 Å². The lowest BCUT2D eigenvalue weighted by Crippen LogP contribution is -2.41. The second-order valence-corrected chi connectivity index (χ2v) is 8.26. The Kier molecular flexibility index (Phi) is 7.05. The van der Waals surface area contributed by atoms with Crippen molar-refractivity contribution in [3.8, 4) is 0 Å². The first kappa shape index (κ1) is 21.5. The molecule has 0 atom stereocenters. The van der Waals surface area contributed by atoms with Crippen LogP contribution in [0.3, 0.4) is 0 Å². The molecular formula is C19H26BBrF2O3. The Morgan fingerprint density at radius 3 is 2.35 bits per heavy atom. The monoisotopic (exact) mass is 430 g/mol. The van der Waals surface area contributed by atoms with Gasteiger partial charge in [-0.2, -0.15) is 0 Å². The first-order valence-electron chi connectivity index (χ1n) is 8.86. The highest BCUT2D eigenvalue weighted by Crippen LogP contribution is 2.41. The quantitative estimate of drug-likeness (QED) is 0.409. The lowest BCUT2D eigenvalue weighted by Gasteiger charge is -2.32. The van der Waals surface area contributed by atoms with Crippen LogP contribution in [-0.2, 0) is 14.0 Å². The van der Waals surface area contributed by atoms with Gasteiger partial charge in [0.2, 0.25) is 0 Å². The Bertz CT molecular complexity index is 661. The van der Waals surface area contributed by atoms with Crippen molar-refractivity contribution in [1.82, 2.24) is 0 Å². The largest absolute Gasteiger partial charge is 0.525 e. The summed E-state index contributed by atoms with van der Waals surface area (Å²) in [7, 11) is -1.13. The van der Waals surface area contributed by atoms with Crippen LogP contribution in [0.4, 0.5) is 8.78 Å². The minimum absolute atomic E-state index is 0.290. The zero-order valence-electron chi connectivity index (χ0n) is 16.0. The van der Waals surface area contributed by atoms with Crippen LogP contribution in [0.2, 0.25) is 0 Å². The molecule has 1 aliphatic heterocycles. The third-order valence-electron chi connectivity index (χ3n) is 4.85. The molecular weight excluding hydrogens is 405 g/mol. The lowest BCUT2D eigenvalue weighted by atomic mass is 9.82. The van der Waals surface area contributed by atoms with Crippen molar-refractivity contribution in [2.75, 3.05) is 13.2 Å². The smallest absolute Gasteiger partial charge is 0.398 e. The Balaban J connectivity index is 2.39. The zero-order valence-corrected chi connectivity index (χ0v) is 17.6. The van der Waals surface area contributed by atoms with Crippen LogP contribution in [0.1, 0.15) is 53.0 Å². The van der Waals surface area contributed by atoms with Crippen LogP contribution in [0, 0.1) is 5.82 Å². The molecule has 0 aliphatic carbocycles. The molecule has 0 saturated carbocycles. The second kappa shape index (κ2) is 8.51. The van der Waals surface area contributed by atoms with Crippen LogP contribution >= 0.6 is 15.9 Å². The minimum atomic E-state index is -1.13. The molecule has 1 fully saturated rings. The summed E-state index contributed by atoms with van der Waals surface area (Å²) >= 11 is 3.39. The third kappa shape index (κ3) is 4.74. The highest BCUT2D eigenvalue weighted by Gasteiger charge is 2.53. The molecule has 1 aromatic rings. The normalized spacial score (nSPS) is 19.6. The van der Waals surface area contributed by atoms with Gasteiger partial charge in [0.05, 0.1) is 17.8 Å². The molecule has 2 rings (SSSR count). The first-order chi connectivity index (χ1) is 12.1. The van der Waals surface area contributed by atoms with Gasteiger partial charge in [-0.05, 0) is 69.9 Å². The summed E-state index contributed by atoms with van der Waals surface area (Å²) in [5, 5.41) is 0. The third-order valence-corrected chi connectivity index (χ3v) is 5.54. The van der Waals surface area contributed by atoms with Crippen molar-refractivity contribution >= 4 is 28.6 Å². The molecule has 0 N–H and O–H groups in total. The van der Waals surface area contributed by atoms with E-state index in [4.69, 9.17) is 14.0 Å². The molecule has 144 valence electrons. The fourth-order valence-electron chi connectivity index (χ4n) is 2.62. The number of rotatable bonds is 7. The number of halogens is 3. The van der Waals surface area contributed by atoms with Crippen molar-refractivity contribution in [1.29, 1.82) is 0 Å². The zero-order chi connectivity index (χ0) is 19.5. The molecule has 0 amide bonds. The summed E-state index contributed by atoms with van der Waals surface area (Å²) in [5.74, 6) is -0.433. The molecule has 3 nitrogen and oxygen atoms in total. The molecule has 0 aromatic heterocycles. The second-order valence-electron chi connectivity index (χ2n) is 7.40. The summed E-state index contributed by atoms with van der Waals surface area (Å²) in [4.78, 5) is 0. The topological polar surface area (TPSA) is 27.7 Å². The van der Waals surface area contributed by atoms with E-state index >= 15 is 4.39 Å². The highest BCUT2D eigenvalue weighted by atomic mass is 79.9. The lowest BCUT2D eigenvalue weighted by molar-refractivity contribution is 0.00578. The molecule has 0 radical (unpaired) electrons. The Hall–Kier alpha value is -0.755. The van der Waals surface area contributed by atoms with E-state index in [2.05, 4.69) is 15.9 Å². The van der Waals surface area contributed by atoms with Gasteiger partial charge in [0.1, 0.15) is 11.5 Å². The molecule has 7 heteroatoms. The summed E-state index contributed by atoms with van der Waals surface area (Å²) in [5.41, 5.74) is -1.09. The Morgan fingerprint density at radius 1 is 1.15 bits per heavy atom. The van der Waals surface area contributed by atoms with E-state index in [9.17, 15) is 4.39 Å². The van der Waals surface area contributed by atoms with Gasteiger partial charge in [-0.3, -0.25) is 0 Å². The fourth-order valence-corrected chi connectivity index (χ4v) is 3.11. The van der Waals surface area contributed by atoms with Gasteiger partial charge in [-0.1, -0.05) is 22.9 Å². The van der Waals surface area contributed by atoms with Gasteiger partial charge >= 0.3 is 7.12 Å². The van der Waals surface area contributed by atoms with E-state index in [0.29, 0.717) is 28.8 Å². The van der Waals surface area contributed by atoms with E-state index in [0.717, 1.165) is 6.42 Å². The molecule has 1 saturated heterocycles. The van der Waals surface area contributed by atoms with Crippen molar-refractivity contribution in [2.24, 2.45) is 0 Å². The van der Waals surface area contributed by atoms with Gasteiger partial charge in [-0.15, -0.1) is 0 Å². The highest BCUT2D eigenvalue weighted by molar-refractivity contribution is 9.10. The van der Waals surface area contributed by atoms with Gasteiger partial charge in [0.15, 0.2) is 0 Å². The minimum Gasteiger partial charge on any atom is -0.398 e. The van der Waals surface area contributed by atoms with Gasteiger partial charge in [0, 0.05) is 11.1 Å². The van der Waals surface area contributed by atoms with Crippen molar-refractivity contribution in [3.63, 3.8) is 0 Å². The summed E-state index contributed by atoms with van der Waals surface area (Å²) in [6.07, 6.45) is 1.17. The van der Waals surface area contributed by atoms with E-state index in [1.165, 1.54) is 12.1 Å². The molecule has 1 aliphatic rings. The van der Waals surface area contributed by atoms with E-state index in [1.807, 2.05) is 34.6 Å². The maximum atomic E-state index is 15.4.